The summed E-state index contributed by atoms with van der Waals surface area (Å²) in [4.78, 5) is 41.2. The number of oxime groups is 1. The van der Waals surface area contributed by atoms with Crippen LogP contribution in [0.2, 0.25) is 0 Å². The van der Waals surface area contributed by atoms with Crippen LogP contribution in [-0.4, -0.2) is 105 Å². The summed E-state index contributed by atoms with van der Waals surface area (Å²) in [6.45, 7) is 6.21. The highest BCUT2D eigenvalue weighted by molar-refractivity contribution is 7.92. The fourth-order valence-corrected chi connectivity index (χ4v) is 7.52. The minimum atomic E-state index is -3.35. The van der Waals surface area contributed by atoms with E-state index >= 15 is 0 Å². The number of hydrogen-bond donors (Lipinski definition) is 1. The first-order valence-corrected chi connectivity index (χ1v) is 16.5. The zero-order valence-electron chi connectivity index (χ0n) is 23.9. The highest BCUT2D eigenvalue weighted by atomic mass is 32.2. The Hall–Kier alpha value is -2.91. The first kappa shape index (κ1) is 30.5. The zero-order valence-corrected chi connectivity index (χ0v) is 25.5. The van der Waals surface area contributed by atoms with Gasteiger partial charge in [0.1, 0.15) is 0 Å². The van der Waals surface area contributed by atoms with Gasteiger partial charge in [0.05, 0.1) is 36.4 Å². The molecule has 228 valence electrons. The molecule has 2 saturated heterocycles. The molecule has 2 aromatic rings. The summed E-state index contributed by atoms with van der Waals surface area (Å²) in [6, 6.07) is 6.27. The van der Waals surface area contributed by atoms with Crippen molar-refractivity contribution >= 4 is 43.8 Å². The van der Waals surface area contributed by atoms with Crippen molar-refractivity contribution in [3.8, 4) is 0 Å². The van der Waals surface area contributed by atoms with Gasteiger partial charge in [0, 0.05) is 62.4 Å². The van der Waals surface area contributed by atoms with E-state index in [1.807, 2.05) is 11.8 Å². The number of rotatable bonds is 12. The number of carbonyl (C=O) groups is 2. The maximum absolute atomic E-state index is 13.4. The molecule has 0 radical (unpaired) electrons. The molecule has 3 heterocycles. The van der Waals surface area contributed by atoms with Crippen molar-refractivity contribution in [3.05, 3.63) is 40.9 Å². The lowest BCUT2D eigenvalue weighted by Gasteiger charge is -2.39. The number of benzene rings is 1. The second-order valence-electron chi connectivity index (χ2n) is 10.8. The van der Waals surface area contributed by atoms with Crippen molar-refractivity contribution < 1.29 is 32.3 Å². The average molecular weight is 620 g/mol. The molecule has 3 aliphatic rings. The molecule has 42 heavy (non-hydrogen) atoms. The lowest BCUT2D eigenvalue weighted by Crippen LogP contribution is -2.53. The van der Waals surface area contributed by atoms with Crippen molar-refractivity contribution in [1.82, 2.24) is 14.8 Å². The van der Waals surface area contributed by atoms with Gasteiger partial charge < -0.3 is 19.2 Å². The molecule has 1 aliphatic carbocycles. The molecule has 2 aliphatic heterocycles. The van der Waals surface area contributed by atoms with Gasteiger partial charge in [-0.05, 0) is 31.9 Å². The number of sulfone groups is 1. The Kier molecular flexibility index (Phi) is 9.88. The van der Waals surface area contributed by atoms with Crippen molar-refractivity contribution in [1.29, 1.82) is 0 Å². The lowest BCUT2D eigenvalue weighted by atomic mass is 10.1. The second kappa shape index (κ2) is 13.6. The second-order valence-corrected chi connectivity index (χ2v) is 14.1. The number of thiazole rings is 1. The zero-order chi connectivity index (χ0) is 29.7. The third-order valence-corrected chi connectivity index (χ3v) is 10.7. The molecular weight excluding hydrogens is 582 g/mol. The van der Waals surface area contributed by atoms with E-state index in [9.17, 15) is 18.0 Å². The predicted octanol–water partition coefficient (Wildman–Crippen LogP) is 2.30. The summed E-state index contributed by atoms with van der Waals surface area (Å²) in [5.41, 5.74) is 0.460. The van der Waals surface area contributed by atoms with Crippen LogP contribution >= 0.6 is 11.3 Å². The molecule has 14 heteroatoms. The molecule has 5 rings (SSSR count). The van der Waals surface area contributed by atoms with Gasteiger partial charge >= 0.3 is 0 Å². The van der Waals surface area contributed by atoms with E-state index in [4.69, 9.17) is 14.3 Å². The van der Waals surface area contributed by atoms with Gasteiger partial charge in [0.15, 0.2) is 26.8 Å². The smallest absolute Gasteiger partial charge is 0.280 e. The molecule has 1 N–H and O–H groups in total. The fraction of sp³-hybridized carbons (Fsp3) is 0.571. The number of nitrogens with one attached hydrogen (secondary N) is 1. The van der Waals surface area contributed by atoms with Gasteiger partial charge in [-0.25, -0.2) is 13.4 Å². The number of amides is 2. The molecule has 3 fully saturated rings. The average Bonchev–Trinajstić information content (AvgIpc) is 3.56. The summed E-state index contributed by atoms with van der Waals surface area (Å²) in [7, 11) is -1.76. The Morgan fingerprint density at radius 1 is 1.19 bits per heavy atom. The molecule has 2 amide bonds. The van der Waals surface area contributed by atoms with Gasteiger partial charge in [0.25, 0.3) is 5.91 Å². The number of nitrogens with zero attached hydrogens (tertiary/aromatic N) is 4. The van der Waals surface area contributed by atoms with E-state index in [-0.39, 0.29) is 33.9 Å². The van der Waals surface area contributed by atoms with Crippen molar-refractivity contribution in [2.75, 3.05) is 51.9 Å². The molecular formula is C28H37N5O7S2. The van der Waals surface area contributed by atoms with E-state index in [0.29, 0.717) is 69.3 Å². The molecule has 0 unspecified atom stereocenters. The monoisotopic (exact) mass is 619 g/mol. The highest BCUT2D eigenvalue weighted by Crippen LogP contribution is 2.33. The minimum Gasteiger partial charge on any atom is -0.389 e. The topological polar surface area (TPSA) is 140 Å². The van der Waals surface area contributed by atoms with Gasteiger partial charge in [-0.2, -0.15) is 0 Å². The number of anilines is 1. The molecule has 1 saturated carbocycles. The molecule has 1 aromatic carbocycles. The van der Waals surface area contributed by atoms with E-state index in [2.05, 4.69) is 20.4 Å². The first-order valence-electron chi connectivity index (χ1n) is 14.2. The Balaban J connectivity index is 1.22. The largest absolute Gasteiger partial charge is 0.389 e. The molecule has 2 atom stereocenters. The number of hydrogen-bond acceptors (Lipinski definition) is 11. The van der Waals surface area contributed by atoms with Crippen LogP contribution in [0.4, 0.5) is 5.13 Å². The fourth-order valence-electron chi connectivity index (χ4n) is 5.02. The van der Waals surface area contributed by atoms with Gasteiger partial charge in [-0.3, -0.25) is 19.8 Å². The number of carbonyl (C=O) groups excluding carboxylic acids is 2. The van der Waals surface area contributed by atoms with Crippen LogP contribution < -0.4 is 5.32 Å². The minimum absolute atomic E-state index is 0.0251. The van der Waals surface area contributed by atoms with Crippen molar-refractivity contribution in [2.24, 2.45) is 5.16 Å². The summed E-state index contributed by atoms with van der Waals surface area (Å²) < 4.78 is 35.6. The van der Waals surface area contributed by atoms with Crippen LogP contribution in [0.1, 0.15) is 43.0 Å². The van der Waals surface area contributed by atoms with Crippen LogP contribution in [0.5, 0.6) is 0 Å². The van der Waals surface area contributed by atoms with E-state index in [0.717, 1.165) is 18.0 Å². The third-order valence-electron chi connectivity index (χ3n) is 7.52. The Labute approximate surface area is 249 Å². The van der Waals surface area contributed by atoms with Crippen molar-refractivity contribution in [2.45, 2.75) is 61.4 Å². The standard InChI is InChI=1S/C28H37N5O7S2/c1-19-16-32(11-12-33(19)25(34)10-13-38-2)17-22-15-29-28(41-22)30-27(35)26(31-40-21-9-14-39-18-21)20-3-5-23(6-4-20)42(36,37)24-7-8-24/h3-6,15,19,21,24H,7-14,16-18H2,1-2H3,(H,29,30,35)/b31-26+/t19-,21+/m0/s1. The molecule has 1 aromatic heterocycles. The summed E-state index contributed by atoms with van der Waals surface area (Å²) in [5, 5.41) is 7.08. The first-order chi connectivity index (χ1) is 20.2. The lowest BCUT2D eigenvalue weighted by molar-refractivity contribution is -0.136. The van der Waals surface area contributed by atoms with Crippen LogP contribution in [0.25, 0.3) is 0 Å². The Morgan fingerprint density at radius 2 is 1.98 bits per heavy atom. The molecule has 0 spiro atoms. The highest BCUT2D eigenvalue weighted by Gasteiger charge is 2.37. The molecule has 12 nitrogen and oxygen atoms in total. The maximum Gasteiger partial charge on any atom is 0.280 e. The summed E-state index contributed by atoms with van der Waals surface area (Å²) in [6.07, 6.45) is 3.88. The summed E-state index contributed by atoms with van der Waals surface area (Å²) in [5.74, 6) is -0.405. The van der Waals surface area contributed by atoms with Gasteiger partial charge in [-0.15, -0.1) is 11.3 Å². The number of methoxy groups -OCH3 is 1. The number of piperazine rings is 1. The van der Waals surface area contributed by atoms with Crippen LogP contribution in [-0.2, 0) is 40.3 Å². The van der Waals surface area contributed by atoms with Crippen LogP contribution in [0.3, 0.4) is 0 Å². The third kappa shape index (κ3) is 7.53. The van der Waals surface area contributed by atoms with Gasteiger partial charge in [0.2, 0.25) is 5.91 Å². The van der Waals surface area contributed by atoms with Crippen LogP contribution in [0, 0.1) is 0 Å². The Bertz CT molecular complexity index is 1390. The van der Waals surface area contributed by atoms with E-state index in [1.165, 1.54) is 23.5 Å². The SMILES string of the molecule is COCCC(=O)N1CCN(Cc2cnc(NC(=O)/C(=N/O[C@@H]3CCOC3)c3ccc(S(=O)(=O)C4CC4)cc3)s2)C[C@@H]1C. The quantitative estimate of drug-likeness (QED) is 0.280. The van der Waals surface area contributed by atoms with Crippen molar-refractivity contribution in [3.63, 3.8) is 0 Å². The Morgan fingerprint density at radius 3 is 2.64 bits per heavy atom. The predicted molar refractivity (Wildman–Crippen MR) is 157 cm³/mol. The van der Waals surface area contributed by atoms with Crippen LogP contribution in [0.15, 0.2) is 40.5 Å². The van der Waals surface area contributed by atoms with E-state index in [1.54, 1.807) is 25.4 Å². The van der Waals surface area contributed by atoms with Gasteiger partial charge in [-0.1, -0.05) is 17.3 Å². The number of aromatic nitrogens is 1. The van der Waals surface area contributed by atoms with E-state index < -0.39 is 15.7 Å². The summed E-state index contributed by atoms with van der Waals surface area (Å²) >= 11 is 1.37. The maximum atomic E-state index is 13.4. The normalized spacial score (nSPS) is 21.9. The number of ether oxygens (including phenoxy) is 2. The molecule has 0 bridgehead atoms.